The highest BCUT2D eigenvalue weighted by atomic mass is 16.5. The number of rotatable bonds is 11. The first-order valence-electron chi connectivity index (χ1n) is 11.8. The molecule has 1 saturated heterocycles. The number of anilines is 1. The van der Waals surface area contributed by atoms with Crippen molar-refractivity contribution in [1.82, 2.24) is 24.8 Å². The van der Waals surface area contributed by atoms with Crippen LogP contribution in [-0.2, 0) is 14.3 Å². The molecule has 12 heteroatoms. The van der Waals surface area contributed by atoms with Crippen LogP contribution in [0.15, 0.2) is 18.6 Å². The quantitative estimate of drug-likeness (QED) is 0.434. The van der Waals surface area contributed by atoms with Gasteiger partial charge in [0.15, 0.2) is 5.65 Å². The number of fused-ring (bicyclic) bond motifs is 1. The number of nitriles is 1. The van der Waals surface area contributed by atoms with E-state index in [1.165, 1.54) is 10.9 Å². The lowest BCUT2D eigenvalue weighted by atomic mass is 9.92. The number of hydrogen-bond donors (Lipinski definition) is 2. The summed E-state index contributed by atoms with van der Waals surface area (Å²) in [6.45, 7) is 5.89. The van der Waals surface area contributed by atoms with Gasteiger partial charge in [0.1, 0.15) is 18.6 Å². The number of piperidine rings is 1. The Kier molecular flexibility index (Phi) is 9.77. The molecule has 2 amide bonds. The number of nitrogens with two attached hydrogens (primary N) is 1. The molecule has 1 aliphatic rings. The van der Waals surface area contributed by atoms with Crippen molar-refractivity contribution in [3.05, 3.63) is 18.6 Å². The predicted molar refractivity (Wildman–Crippen MR) is 130 cm³/mol. The van der Waals surface area contributed by atoms with Gasteiger partial charge in [0.25, 0.3) is 0 Å². The number of aromatic nitrogens is 3. The average molecular weight is 487 g/mol. The second-order valence-electron chi connectivity index (χ2n) is 8.48. The molecule has 2 atom stereocenters. The van der Waals surface area contributed by atoms with Gasteiger partial charge in [-0.3, -0.25) is 9.36 Å². The van der Waals surface area contributed by atoms with Gasteiger partial charge in [-0.15, -0.1) is 0 Å². The van der Waals surface area contributed by atoms with Crippen molar-refractivity contribution < 1.29 is 19.1 Å². The lowest BCUT2D eigenvalue weighted by molar-refractivity contribution is -0.131. The minimum atomic E-state index is -0.311. The molecule has 3 N–H and O–H groups in total. The average Bonchev–Trinajstić information content (AvgIpc) is 3.30. The highest BCUT2D eigenvalue weighted by Gasteiger charge is 2.32. The fourth-order valence-electron chi connectivity index (χ4n) is 4.22. The van der Waals surface area contributed by atoms with Crippen LogP contribution >= 0.6 is 0 Å². The first-order chi connectivity index (χ1) is 17.0. The number of carbonyl (C=O) groups excluding carboxylic acids is 2. The monoisotopic (exact) mass is 486 g/mol. The molecule has 0 bridgehead atoms. The number of amides is 2. The lowest BCUT2D eigenvalue weighted by Gasteiger charge is -2.42. The maximum Gasteiger partial charge on any atom is 0.327 e. The Morgan fingerprint density at radius 3 is 2.80 bits per heavy atom. The second-order valence-corrected chi connectivity index (χ2v) is 8.48. The normalized spacial score (nSPS) is 17.8. The van der Waals surface area contributed by atoms with E-state index >= 15 is 0 Å². The van der Waals surface area contributed by atoms with Gasteiger partial charge in [-0.2, -0.15) is 5.26 Å². The van der Waals surface area contributed by atoms with Crippen molar-refractivity contribution >= 4 is 28.8 Å². The summed E-state index contributed by atoms with van der Waals surface area (Å²) in [7, 11) is 1.94. The molecular formula is C23H34N8O4. The van der Waals surface area contributed by atoms with Gasteiger partial charge in [0.05, 0.1) is 43.9 Å². The van der Waals surface area contributed by atoms with Gasteiger partial charge in [-0.05, 0) is 18.4 Å². The van der Waals surface area contributed by atoms with Gasteiger partial charge < -0.3 is 30.3 Å². The molecule has 3 heterocycles. The van der Waals surface area contributed by atoms with E-state index in [1.807, 2.05) is 24.1 Å². The molecular weight excluding hydrogens is 452 g/mol. The topological polar surface area (TPSA) is 152 Å². The maximum absolute atomic E-state index is 12.7. The molecule has 2 aromatic heterocycles. The lowest BCUT2D eigenvalue weighted by Crippen LogP contribution is -2.52. The molecule has 0 aromatic carbocycles. The molecule has 0 saturated carbocycles. The van der Waals surface area contributed by atoms with Crippen molar-refractivity contribution in [1.29, 1.82) is 5.26 Å². The third kappa shape index (κ3) is 6.66. The molecule has 0 unspecified atom stereocenters. The minimum Gasteiger partial charge on any atom is -0.378 e. The molecule has 3 rings (SSSR count). The predicted octanol–water partition coefficient (Wildman–Crippen LogP) is 0.568. The molecule has 2 aromatic rings. The van der Waals surface area contributed by atoms with Crippen molar-refractivity contribution in [3.63, 3.8) is 0 Å². The molecule has 12 nitrogen and oxygen atoms in total. The van der Waals surface area contributed by atoms with Crippen molar-refractivity contribution in [2.75, 3.05) is 64.6 Å². The number of nitrogens with zero attached hydrogens (tertiary/aromatic N) is 6. The SMILES string of the molecule is C[C@@H]1CCN(C(=O)CC#N)C[C@@H]1N(C)c1ncnc2c1ccn2C(=O)NCCOCCOCCN. The van der Waals surface area contributed by atoms with E-state index in [1.54, 1.807) is 11.1 Å². The third-order valence-corrected chi connectivity index (χ3v) is 6.17. The van der Waals surface area contributed by atoms with E-state index < -0.39 is 0 Å². The first kappa shape index (κ1) is 26.3. The summed E-state index contributed by atoms with van der Waals surface area (Å²) in [6, 6.07) is 3.47. The zero-order valence-electron chi connectivity index (χ0n) is 20.4. The zero-order valence-corrected chi connectivity index (χ0v) is 20.4. The summed E-state index contributed by atoms with van der Waals surface area (Å²) < 4.78 is 12.1. The molecule has 1 aliphatic heterocycles. The number of nitrogens with one attached hydrogen (secondary N) is 1. The number of hydrogen-bond acceptors (Lipinski definition) is 9. The van der Waals surface area contributed by atoms with E-state index in [2.05, 4.69) is 22.2 Å². The molecule has 190 valence electrons. The second kappa shape index (κ2) is 13.0. The Bertz CT molecular complexity index is 1040. The van der Waals surface area contributed by atoms with E-state index in [0.717, 1.165) is 11.8 Å². The molecule has 0 radical (unpaired) electrons. The van der Waals surface area contributed by atoms with E-state index in [9.17, 15) is 9.59 Å². The van der Waals surface area contributed by atoms with E-state index in [0.29, 0.717) is 70.0 Å². The standard InChI is InChI=1S/C23H34N8O4/c1-17-4-9-30(20(32)3-6-24)15-19(17)29(2)21-18-5-10-31(22(18)28-16-27-21)23(33)26-8-12-35-14-13-34-11-7-25/h5,10,16-17,19H,3-4,7-9,11-15,25H2,1-2H3,(H,26,33)/t17-,19+/m1/s1. The largest absolute Gasteiger partial charge is 0.378 e. The number of likely N-dealkylation sites (tertiary alicyclic amines) is 1. The Morgan fingerprint density at radius 2 is 2.06 bits per heavy atom. The van der Waals surface area contributed by atoms with Crippen LogP contribution in [-0.4, -0.2) is 97.1 Å². The number of ether oxygens (including phenoxy) is 2. The van der Waals surface area contributed by atoms with Crippen LogP contribution in [0.4, 0.5) is 10.6 Å². The van der Waals surface area contributed by atoms with E-state index in [-0.39, 0.29) is 24.4 Å². The summed E-state index contributed by atoms with van der Waals surface area (Å²) in [6.07, 6.45) is 3.83. The highest BCUT2D eigenvalue weighted by Crippen LogP contribution is 2.29. The van der Waals surface area contributed by atoms with Gasteiger partial charge in [0.2, 0.25) is 5.91 Å². The smallest absolute Gasteiger partial charge is 0.327 e. The fraction of sp³-hybridized carbons (Fsp3) is 0.609. The summed E-state index contributed by atoms with van der Waals surface area (Å²) in [5.74, 6) is 0.858. The summed E-state index contributed by atoms with van der Waals surface area (Å²) in [5, 5.41) is 12.4. The number of carbonyl (C=O) groups is 2. The van der Waals surface area contributed by atoms with Gasteiger partial charge in [-0.25, -0.2) is 14.8 Å². The Morgan fingerprint density at radius 1 is 1.29 bits per heavy atom. The zero-order chi connectivity index (χ0) is 25.2. The third-order valence-electron chi connectivity index (χ3n) is 6.17. The Hall–Kier alpha value is -3.27. The van der Waals surface area contributed by atoms with Gasteiger partial charge in [0, 0.05) is 39.4 Å². The van der Waals surface area contributed by atoms with Gasteiger partial charge >= 0.3 is 6.03 Å². The van der Waals surface area contributed by atoms with Crippen LogP contribution in [0, 0.1) is 17.2 Å². The van der Waals surface area contributed by atoms with Crippen LogP contribution < -0.4 is 16.0 Å². The van der Waals surface area contributed by atoms with Crippen LogP contribution in [0.25, 0.3) is 11.0 Å². The number of likely N-dealkylation sites (N-methyl/N-ethyl adjacent to an activating group) is 1. The van der Waals surface area contributed by atoms with Crippen LogP contribution in [0.1, 0.15) is 19.8 Å². The molecule has 0 spiro atoms. The summed E-state index contributed by atoms with van der Waals surface area (Å²) >= 11 is 0. The highest BCUT2D eigenvalue weighted by molar-refractivity contribution is 5.94. The van der Waals surface area contributed by atoms with Crippen molar-refractivity contribution in [3.8, 4) is 6.07 Å². The van der Waals surface area contributed by atoms with Crippen molar-refractivity contribution in [2.45, 2.75) is 25.8 Å². The van der Waals surface area contributed by atoms with Crippen molar-refractivity contribution in [2.24, 2.45) is 11.7 Å². The minimum absolute atomic E-state index is 0.0210. The first-order valence-corrected chi connectivity index (χ1v) is 11.8. The Labute approximate surface area is 205 Å². The van der Waals surface area contributed by atoms with Crippen LogP contribution in [0.2, 0.25) is 0 Å². The summed E-state index contributed by atoms with van der Waals surface area (Å²) in [5.41, 5.74) is 5.85. The fourth-order valence-corrected chi connectivity index (χ4v) is 4.22. The molecule has 35 heavy (non-hydrogen) atoms. The van der Waals surface area contributed by atoms with Gasteiger partial charge in [-0.1, -0.05) is 6.92 Å². The summed E-state index contributed by atoms with van der Waals surface area (Å²) in [4.78, 5) is 37.6. The Balaban J connectivity index is 1.64. The van der Waals surface area contributed by atoms with Crippen LogP contribution in [0.5, 0.6) is 0 Å². The van der Waals surface area contributed by atoms with E-state index in [4.69, 9.17) is 20.5 Å². The van der Waals surface area contributed by atoms with Crippen LogP contribution in [0.3, 0.4) is 0 Å². The maximum atomic E-state index is 12.7. The molecule has 1 fully saturated rings. The molecule has 0 aliphatic carbocycles.